The third-order valence-electron chi connectivity index (χ3n) is 2.37. The van der Waals surface area contributed by atoms with E-state index in [0.717, 1.165) is 19.3 Å². The zero-order valence-corrected chi connectivity index (χ0v) is 10.2. The van der Waals surface area contributed by atoms with E-state index in [4.69, 9.17) is 0 Å². The van der Waals surface area contributed by atoms with Crippen LogP contribution in [0.1, 0.15) is 39.2 Å². The second kappa shape index (κ2) is 4.79. The molecule has 1 heterocycles. The van der Waals surface area contributed by atoms with Gasteiger partial charge in [-0.05, 0) is 30.2 Å². The highest BCUT2D eigenvalue weighted by molar-refractivity contribution is 5.03. The minimum Gasteiger partial charge on any atom is -0.393 e. The van der Waals surface area contributed by atoms with Gasteiger partial charge in [0.15, 0.2) is 0 Å². The molecule has 15 heavy (non-hydrogen) atoms. The SMILES string of the molecule is Cn1cc(CCC(O)CC(C)(C)C)cn1. The molecule has 1 unspecified atom stereocenters. The van der Waals surface area contributed by atoms with Gasteiger partial charge in [0, 0.05) is 13.2 Å². The highest BCUT2D eigenvalue weighted by atomic mass is 16.3. The summed E-state index contributed by atoms with van der Waals surface area (Å²) in [6.07, 6.45) is 6.25. The van der Waals surface area contributed by atoms with Crippen molar-refractivity contribution in [2.75, 3.05) is 0 Å². The minimum absolute atomic E-state index is 0.203. The molecule has 1 aromatic rings. The molecule has 1 rings (SSSR count). The van der Waals surface area contributed by atoms with E-state index in [1.165, 1.54) is 5.56 Å². The lowest BCUT2D eigenvalue weighted by Gasteiger charge is -2.22. The molecule has 86 valence electrons. The number of aromatic nitrogens is 2. The fourth-order valence-electron chi connectivity index (χ4n) is 1.74. The minimum atomic E-state index is -0.204. The molecule has 0 amide bonds. The molecule has 1 aromatic heterocycles. The number of nitrogens with zero attached hydrogens (tertiary/aromatic N) is 2. The third kappa shape index (κ3) is 4.98. The van der Waals surface area contributed by atoms with Crippen LogP contribution in [0.25, 0.3) is 0 Å². The van der Waals surface area contributed by atoms with Gasteiger partial charge in [0.05, 0.1) is 12.3 Å². The van der Waals surface area contributed by atoms with Crippen LogP contribution in [0.2, 0.25) is 0 Å². The van der Waals surface area contributed by atoms with Crippen LogP contribution in [-0.4, -0.2) is 21.0 Å². The summed E-state index contributed by atoms with van der Waals surface area (Å²) in [7, 11) is 1.91. The van der Waals surface area contributed by atoms with Gasteiger partial charge in [-0.1, -0.05) is 20.8 Å². The highest BCUT2D eigenvalue weighted by Crippen LogP contribution is 2.22. The molecule has 0 bridgehead atoms. The van der Waals surface area contributed by atoms with E-state index in [9.17, 15) is 5.11 Å². The molecule has 0 aliphatic heterocycles. The number of hydrogen-bond donors (Lipinski definition) is 1. The first-order valence-corrected chi connectivity index (χ1v) is 5.52. The first kappa shape index (κ1) is 12.2. The molecule has 3 heteroatoms. The summed E-state index contributed by atoms with van der Waals surface area (Å²) in [5.41, 5.74) is 1.40. The van der Waals surface area contributed by atoms with Gasteiger partial charge < -0.3 is 5.11 Å². The largest absolute Gasteiger partial charge is 0.393 e. The van der Waals surface area contributed by atoms with Crippen LogP contribution in [0.15, 0.2) is 12.4 Å². The highest BCUT2D eigenvalue weighted by Gasteiger charge is 2.16. The van der Waals surface area contributed by atoms with Gasteiger partial charge in [-0.15, -0.1) is 0 Å². The van der Waals surface area contributed by atoms with Crippen LogP contribution in [0.3, 0.4) is 0 Å². The third-order valence-corrected chi connectivity index (χ3v) is 2.37. The molecular weight excluding hydrogens is 188 g/mol. The maximum atomic E-state index is 9.83. The topological polar surface area (TPSA) is 38.0 Å². The molecule has 0 aliphatic rings. The Hall–Kier alpha value is -0.830. The van der Waals surface area contributed by atoms with E-state index in [1.54, 1.807) is 4.68 Å². The van der Waals surface area contributed by atoms with Gasteiger partial charge in [0.25, 0.3) is 0 Å². The lowest BCUT2D eigenvalue weighted by atomic mass is 9.87. The molecule has 0 fully saturated rings. The smallest absolute Gasteiger partial charge is 0.0548 e. The fourth-order valence-corrected chi connectivity index (χ4v) is 1.74. The summed E-state index contributed by atoms with van der Waals surface area (Å²) < 4.78 is 1.80. The Bertz CT molecular complexity index is 299. The second-order valence-electron chi connectivity index (χ2n) is 5.48. The molecule has 0 saturated carbocycles. The number of rotatable bonds is 4. The van der Waals surface area contributed by atoms with Gasteiger partial charge >= 0.3 is 0 Å². The van der Waals surface area contributed by atoms with E-state index >= 15 is 0 Å². The molecule has 0 aliphatic carbocycles. The Labute approximate surface area is 92.1 Å². The van der Waals surface area contributed by atoms with Crippen LogP contribution in [0.4, 0.5) is 0 Å². The van der Waals surface area contributed by atoms with Gasteiger partial charge in [0.1, 0.15) is 0 Å². The standard InChI is InChI=1S/C12H22N2O/c1-12(2,3)7-11(15)6-5-10-8-13-14(4)9-10/h8-9,11,15H,5-7H2,1-4H3. The zero-order chi connectivity index (χ0) is 11.5. The lowest BCUT2D eigenvalue weighted by molar-refractivity contribution is 0.113. The van der Waals surface area contributed by atoms with Crippen molar-refractivity contribution in [1.82, 2.24) is 9.78 Å². The monoisotopic (exact) mass is 210 g/mol. The molecule has 0 spiro atoms. The second-order valence-corrected chi connectivity index (χ2v) is 5.48. The summed E-state index contributed by atoms with van der Waals surface area (Å²) in [6, 6.07) is 0. The van der Waals surface area contributed by atoms with Gasteiger partial charge in [-0.3, -0.25) is 4.68 Å². The summed E-state index contributed by atoms with van der Waals surface area (Å²) in [5, 5.41) is 13.9. The molecule has 3 nitrogen and oxygen atoms in total. The van der Waals surface area contributed by atoms with Crippen LogP contribution in [0.5, 0.6) is 0 Å². The van der Waals surface area contributed by atoms with Crippen LogP contribution in [-0.2, 0) is 13.5 Å². The summed E-state index contributed by atoms with van der Waals surface area (Å²) in [6.45, 7) is 6.46. The molecule has 1 atom stereocenters. The Morgan fingerprint density at radius 1 is 1.47 bits per heavy atom. The number of aliphatic hydroxyl groups excluding tert-OH is 1. The predicted molar refractivity (Wildman–Crippen MR) is 61.6 cm³/mol. The van der Waals surface area contributed by atoms with Crippen molar-refractivity contribution in [1.29, 1.82) is 0 Å². The summed E-state index contributed by atoms with van der Waals surface area (Å²) in [5.74, 6) is 0. The molecule has 0 radical (unpaired) electrons. The van der Waals surface area contributed by atoms with E-state index in [1.807, 2.05) is 19.4 Å². The van der Waals surface area contributed by atoms with Crippen molar-refractivity contribution >= 4 is 0 Å². The molecule has 0 aromatic carbocycles. The van der Waals surface area contributed by atoms with Crippen molar-refractivity contribution in [3.8, 4) is 0 Å². The Kier molecular flexibility index (Phi) is 3.91. The first-order valence-electron chi connectivity index (χ1n) is 5.52. The van der Waals surface area contributed by atoms with Crippen molar-refractivity contribution in [2.45, 2.75) is 46.1 Å². The van der Waals surface area contributed by atoms with Crippen molar-refractivity contribution in [2.24, 2.45) is 12.5 Å². The average Bonchev–Trinajstić information content (AvgIpc) is 2.45. The van der Waals surface area contributed by atoms with Crippen LogP contribution in [0, 0.1) is 5.41 Å². The van der Waals surface area contributed by atoms with Crippen LogP contribution >= 0.6 is 0 Å². The average molecular weight is 210 g/mol. The Morgan fingerprint density at radius 2 is 2.13 bits per heavy atom. The Balaban J connectivity index is 2.31. The quantitative estimate of drug-likeness (QED) is 0.827. The van der Waals surface area contributed by atoms with Crippen LogP contribution < -0.4 is 0 Å². The zero-order valence-electron chi connectivity index (χ0n) is 10.2. The number of aryl methyl sites for hydroxylation is 2. The lowest BCUT2D eigenvalue weighted by Crippen LogP contribution is -2.18. The maximum Gasteiger partial charge on any atom is 0.0548 e. The maximum absolute atomic E-state index is 9.83. The van der Waals surface area contributed by atoms with Gasteiger partial charge in [0.2, 0.25) is 0 Å². The molecule has 1 N–H and O–H groups in total. The number of aliphatic hydroxyl groups is 1. The van der Waals surface area contributed by atoms with E-state index in [2.05, 4.69) is 25.9 Å². The van der Waals surface area contributed by atoms with Gasteiger partial charge in [-0.2, -0.15) is 5.10 Å². The summed E-state index contributed by atoms with van der Waals surface area (Å²) in [4.78, 5) is 0. The van der Waals surface area contributed by atoms with Crippen molar-refractivity contribution in [3.05, 3.63) is 18.0 Å². The normalized spacial score (nSPS) is 14.2. The summed E-state index contributed by atoms with van der Waals surface area (Å²) >= 11 is 0. The predicted octanol–water partition coefficient (Wildman–Crippen LogP) is 2.15. The number of hydrogen-bond acceptors (Lipinski definition) is 2. The molecule has 0 saturated heterocycles. The van der Waals surface area contributed by atoms with E-state index < -0.39 is 0 Å². The van der Waals surface area contributed by atoms with Crippen molar-refractivity contribution in [3.63, 3.8) is 0 Å². The van der Waals surface area contributed by atoms with E-state index in [0.29, 0.717) is 0 Å². The van der Waals surface area contributed by atoms with Crippen molar-refractivity contribution < 1.29 is 5.11 Å². The van der Waals surface area contributed by atoms with E-state index in [-0.39, 0.29) is 11.5 Å². The van der Waals surface area contributed by atoms with Gasteiger partial charge in [-0.25, -0.2) is 0 Å². The first-order chi connectivity index (χ1) is 6.87. The molecular formula is C12H22N2O. The Morgan fingerprint density at radius 3 is 2.60 bits per heavy atom. The fraction of sp³-hybridized carbons (Fsp3) is 0.750.